The highest BCUT2D eigenvalue weighted by atomic mass is 32.2. The Labute approximate surface area is 103 Å². The van der Waals surface area contributed by atoms with E-state index in [-0.39, 0.29) is 6.10 Å². The fourth-order valence-corrected chi connectivity index (χ4v) is 2.25. The highest BCUT2D eigenvalue weighted by Gasteiger charge is 2.03. The zero-order valence-corrected chi connectivity index (χ0v) is 10.9. The molecule has 0 radical (unpaired) electrons. The van der Waals surface area contributed by atoms with E-state index in [0.717, 1.165) is 37.9 Å². The number of aliphatic hydroxyl groups excluding tert-OH is 1. The van der Waals surface area contributed by atoms with E-state index in [1.54, 1.807) is 0 Å². The summed E-state index contributed by atoms with van der Waals surface area (Å²) in [6.45, 7) is 0. The molecule has 0 saturated carbocycles. The minimum atomic E-state index is -0.101. The van der Waals surface area contributed by atoms with E-state index in [1.807, 2.05) is 17.8 Å². The van der Waals surface area contributed by atoms with Crippen LogP contribution in [0.25, 0.3) is 0 Å². The van der Waals surface area contributed by atoms with Crippen LogP contribution in [-0.4, -0.2) is 23.2 Å². The lowest BCUT2D eigenvalue weighted by atomic mass is 10.0. The first-order chi connectivity index (χ1) is 7.83. The number of aliphatic hydroxyl groups is 1. The molecule has 0 aliphatic carbocycles. The Morgan fingerprint density at radius 1 is 1.12 bits per heavy atom. The first-order valence-corrected chi connectivity index (χ1v) is 7.43. The molecular weight excluding hydrogens is 216 g/mol. The van der Waals surface area contributed by atoms with Gasteiger partial charge < -0.3 is 5.11 Å². The molecule has 0 fully saturated rings. The minimum absolute atomic E-state index is 0.101. The molecule has 16 heavy (non-hydrogen) atoms. The maximum Gasteiger partial charge on any atom is 0.0540 e. The van der Waals surface area contributed by atoms with Crippen molar-refractivity contribution in [3.8, 4) is 0 Å². The molecule has 1 aromatic carbocycles. The van der Waals surface area contributed by atoms with Gasteiger partial charge in [-0.25, -0.2) is 0 Å². The molecule has 0 aliphatic rings. The maximum absolute atomic E-state index is 9.74. The Balaban J connectivity index is 2.06. The number of aryl methyl sites for hydroxylation is 1. The first kappa shape index (κ1) is 13.6. The van der Waals surface area contributed by atoms with Crippen LogP contribution in [0.4, 0.5) is 0 Å². The molecule has 1 aromatic rings. The highest BCUT2D eigenvalue weighted by Crippen LogP contribution is 2.10. The monoisotopic (exact) mass is 238 g/mol. The predicted molar refractivity (Wildman–Crippen MR) is 73.0 cm³/mol. The van der Waals surface area contributed by atoms with Crippen molar-refractivity contribution >= 4 is 11.8 Å². The van der Waals surface area contributed by atoms with E-state index in [2.05, 4.69) is 30.5 Å². The second kappa shape index (κ2) is 8.66. The van der Waals surface area contributed by atoms with Gasteiger partial charge in [-0.05, 0) is 49.7 Å². The predicted octanol–water partition coefficient (Wildman–Crippen LogP) is 3.51. The molecule has 0 aromatic heterocycles. The molecule has 1 unspecified atom stereocenters. The van der Waals surface area contributed by atoms with Crippen LogP contribution in [0.2, 0.25) is 0 Å². The lowest BCUT2D eigenvalue weighted by Crippen LogP contribution is -2.07. The summed E-state index contributed by atoms with van der Waals surface area (Å²) in [6.07, 6.45) is 7.20. The quantitative estimate of drug-likeness (QED) is 0.699. The highest BCUT2D eigenvalue weighted by molar-refractivity contribution is 7.98. The Kier molecular flexibility index (Phi) is 7.35. The molecule has 90 valence electrons. The van der Waals surface area contributed by atoms with Crippen molar-refractivity contribution in [1.29, 1.82) is 0 Å². The van der Waals surface area contributed by atoms with Gasteiger partial charge >= 0.3 is 0 Å². The van der Waals surface area contributed by atoms with Crippen LogP contribution >= 0.6 is 11.8 Å². The summed E-state index contributed by atoms with van der Waals surface area (Å²) < 4.78 is 0. The smallest absolute Gasteiger partial charge is 0.0540 e. The SMILES string of the molecule is CSCCCC(O)CCCc1ccccc1. The molecule has 0 bridgehead atoms. The second-order valence-corrected chi connectivity index (χ2v) is 5.15. The van der Waals surface area contributed by atoms with Gasteiger partial charge in [0.1, 0.15) is 0 Å². The lowest BCUT2D eigenvalue weighted by Gasteiger charge is -2.09. The lowest BCUT2D eigenvalue weighted by molar-refractivity contribution is 0.151. The Hall–Kier alpha value is -0.470. The van der Waals surface area contributed by atoms with Gasteiger partial charge in [-0.15, -0.1) is 0 Å². The average molecular weight is 238 g/mol. The molecule has 0 aliphatic heterocycles. The van der Waals surface area contributed by atoms with Crippen LogP contribution in [0.15, 0.2) is 30.3 Å². The summed E-state index contributed by atoms with van der Waals surface area (Å²) >= 11 is 1.85. The summed E-state index contributed by atoms with van der Waals surface area (Å²) in [6, 6.07) is 10.5. The topological polar surface area (TPSA) is 20.2 Å². The average Bonchev–Trinajstić information content (AvgIpc) is 2.31. The largest absolute Gasteiger partial charge is 0.393 e. The maximum atomic E-state index is 9.74. The molecule has 1 N–H and O–H groups in total. The van der Waals surface area contributed by atoms with Crippen LogP contribution in [-0.2, 0) is 6.42 Å². The van der Waals surface area contributed by atoms with Crippen molar-refractivity contribution in [3.05, 3.63) is 35.9 Å². The van der Waals surface area contributed by atoms with Crippen molar-refractivity contribution < 1.29 is 5.11 Å². The Bertz CT molecular complexity index is 261. The summed E-state index contributed by atoms with van der Waals surface area (Å²) in [4.78, 5) is 0. The second-order valence-electron chi connectivity index (χ2n) is 4.17. The molecule has 0 heterocycles. The molecule has 2 heteroatoms. The van der Waals surface area contributed by atoms with Crippen LogP contribution in [0.1, 0.15) is 31.2 Å². The summed E-state index contributed by atoms with van der Waals surface area (Å²) in [5.74, 6) is 1.16. The van der Waals surface area contributed by atoms with Gasteiger partial charge in [0.15, 0.2) is 0 Å². The van der Waals surface area contributed by atoms with E-state index < -0.39 is 0 Å². The number of thioether (sulfide) groups is 1. The van der Waals surface area contributed by atoms with E-state index in [4.69, 9.17) is 0 Å². The van der Waals surface area contributed by atoms with Gasteiger partial charge in [-0.2, -0.15) is 11.8 Å². The van der Waals surface area contributed by atoms with Crippen molar-refractivity contribution in [1.82, 2.24) is 0 Å². The third-order valence-corrected chi connectivity index (χ3v) is 3.43. The van der Waals surface area contributed by atoms with Crippen LogP contribution in [0, 0.1) is 0 Å². The number of hydrogen-bond acceptors (Lipinski definition) is 2. The van der Waals surface area contributed by atoms with Crippen LogP contribution < -0.4 is 0 Å². The molecule has 0 saturated heterocycles. The Morgan fingerprint density at radius 2 is 1.81 bits per heavy atom. The number of benzene rings is 1. The summed E-state index contributed by atoms with van der Waals surface area (Å²) in [5, 5.41) is 9.74. The zero-order valence-electron chi connectivity index (χ0n) is 10.1. The molecule has 0 spiro atoms. The number of hydrogen-bond donors (Lipinski definition) is 1. The number of rotatable bonds is 8. The van der Waals surface area contributed by atoms with Crippen molar-refractivity contribution in [2.24, 2.45) is 0 Å². The summed E-state index contributed by atoms with van der Waals surface area (Å²) in [7, 11) is 0. The van der Waals surface area contributed by atoms with Gasteiger partial charge in [-0.3, -0.25) is 0 Å². The van der Waals surface area contributed by atoms with Gasteiger partial charge in [-0.1, -0.05) is 30.3 Å². The van der Waals surface area contributed by atoms with Gasteiger partial charge in [0, 0.05) is 0 Å². The molecular formula is C14H22OS. The van der Waals surface area contributed by atoms with Gasteiger partial charge in [0.05, 0.1) is 6.10 Å². The van der Waals surface area contributed by atoms with Crippen LogP contribution in [0.3, 0.4) is 0 Å². The molecule has 1 rings (SSSR count). The summed E-state index contributed by atoms with van der Waals surface area (Å²) in [5.41, 5.74) is 1.37. The van der Waals surface area contributed by atoms with Crippen LogP contribution in [0.5, 0.6) is 0 Å². The normalized spacial score (nSPS) is 12.6. The molecule has 0 amide bonds. The van der Waals surface area contributed by atoms with E-state index >= 15 is 0 Å². The standard InChI is InChI=1S/C14H22OS/c1-16-12-6-11-14(15)10-5-9-13-7-3-2-4-8-13/h2-4,7-8,14-15H,5-6,9-12H2,1H3. The molecule has 1 nitrogen and oxygen atoms in total. The van der Waals surface area contributed by atoms with Gasteiger partial charge in [0.25, 0.3) is 0 Å². The van der Waals surface area contributed by atoms with E-state index in [0.29, 0.717) is 0 Å². The Morgan fingerprint density at radius 3 is 2.50 bits per heavy atom. The fraction of sp³-hybridized carbons (Fsp3) is 0.571. The first-order valence-electron chi connectivity index (χ1n) is 6.04. The third-order valence-electron chi connectivity index (χ3n) is 2.73. The zero-order chi connectivity index (χ0) is 11.6. The molecule has 1 atom stereocenters. The van der Waals surface area contributed by atoms with Crippen molar-refractivity contribution in [2.45, 2.75) is 38.2 Å². The van der Waals surface area contributed by atoms with Gasteiger partial charge in [0.2, 0.25) is 0 Å². The van der Waals surface area contributed by atoms with E-state index in [1.165, 1.54) is 5.56 Å². The fourth-order valence-electron chi connectivity index (χ4n) is 1.79. The minimum Gasteiger partial charge on any atom is -0.393 e. The third kappa shape index (κ3) is 6.19. The van der Waals surface area contributed by atoms with Crippen molar-refractivity contribution in [3.63, 3.8) is 0 Å². The van der Waals surface area contributed by atoms with E-state index in [9.17, 15) is 5.11 Å². The van der Waals surface area contributed by atoms with Crippen molar-refractivity contribution in [2.75, 3.05) is 12.0 Å².